The van der Waals surface area contributed by atoms with Crippen LogP contribution in [0.5, 0.6) is 11.5 Å². The number of carboxylic acid groups (broad SMARTS) is 1. The van der Waals surface area contributed by atoms with Gasteiger partial charge in [0.05, 0.1) is 14.2 Å². The Morgan fingerprint density at radius 3 is 2.33 bits per heavy atom. The van der Waals surface area contributed by atoms with E-state index in [-0.39, 0.29) is 28.3 Å². The molecule has 1 aromatic carbocycles. The topological polar surface area (TPSA) is 81.8 Å². The smallest absolute Gasteiger partial charge is 0.374 e. The lowest BCUT2D eigenvalue weighted by atomic mass is 10.0. The highest BCUT2D eigenvalue weighted by atomic mass is 19.3. The lowest BCUT2D eigenvalue weighted by Gasteiger charge is -2.13. The number of carbonyl (C=O) groups is 1. The second-order valence-corrected chi connectivity index (χ2v) is 3.98. The quantitative estimate of drug-likeness (QED) is 0.914. The number of hydrogen-bond acceptors (Lipinski definition) is 5. The standard InChI is InChI=1S/C13H11F2NO5/c1-19-9-3-6(7(12(14)15)4-10(9)20-2)8-5-11(13(17)18)21-16-8/h3-5,12H,1-2H3,(H,17,18). The Hall–Kier alpha value is -2.64. The van der Waals surface area contributed by atoms with Crippen molar-refractivity contribution in [1.29, 1.82) is 0 Å². The van der Waals surface area contributed by atoms with Crippen LogP contribution in [0.25, 0.3) is 11.3 Å². The predicted octanol–water partition coefficient (Wildman–Crippen LogP) is 2.99. The Morgan fingerprint density at radius 2 is 1.86 bits per heavy atom. The summed E-state index contributed by atoms with van der Waals surface area (Å²) in [5, 5.41) is 12.3. The van der Waals surface area contributed by atoms with Gasteiger partial charge in [-0.2, -0.15) is 0 Å². The van der Waals surface area contributed by atoms with E-state index in [1.807, 2.05) is 0 Å². The van der Waals surface area contributed by atoms with Crippen LogP contribution in [-0.4, -0.2) is 30.5 Å². The summed E-state index contributed by atoms with van der Waals surface area (Å²) in [6.07, 6.45) is -2.80. The highest BCUT2D eigenvalue weighted by Crippen LogP contribution is 2.39. The minimum absolute atomic E-state index is 0.0129. The first-order valence-corrected chi connectivity index (χ1v) is 5.72. The monoisotopic (exact) mass is 299 g/mol. The first-order valence-electron chi connectivity index (χ1n) is 5.72. The van der Waals surface area contributed by atoms with Gasteiger partial charge in [0, 0.05) is 17.2 Å². The molecule has 0 unspecified atom stereocenters. The molecule has 0 radical (unpaired) electrons. The summed E-state index contributed by atoms with van der Waals surface area (Å²) >= 11 is 0. The van der Waals surface area contributed by atoms with Gasteiger partial charge in [0.1, 0.15) is 5.69 Å². The molecule has 0 saturated heterocycles. The first kappa shape index (κ1) is 14.8. The molecule has 0 aliphatic rings. The average molecular weight is 299 g/mol. The highest BCUT2D eigenvalue weighted by molar-refractivity contribution is 5.86. The number of aromatic carboxylic acids is 1. The number of rotatable bonds is 5. The molecule has 0 aliphatic carbocycles. The third kappa shape index (κ3) is 2.78. The Morgan fingerprint density at radius 1 is 1.24 bits per heavy atom. The van der Waals surface area contributed by atoms with Gasteiger partial charge in [-0.15, -0.1) is 0 Å². The number of methoxy groups -OCH3 is 2. The summed E-state index contributed by atoms with van der Waals surface area (Å²) in [5.41, 5.74) is -0.375. The van der Waals surface area contributed by atoms with Gasteiger partial charge in [-0.05, 0) is 12.1 Å². The maximum atomic E-state index is 13.2. The summed E-state index contributed by atoms with van der Waals surface area (Å²) < 4.78 is 40.9. The zero-order valence-electron chi connectivity index (χ0n) is 11.1. The maximum absolute atomic E-state index is 13.2. The molecule has 1 aromatic heterocycles. The molecule has 1 N–H and O–H groups in total. The average Bonchev–Trinajstić information content (AvgIpc) is 2.95. The molecule has 0 fully saturated rings. The van der Waals surface area contributed by atoms with Crippen molar-refractivity contribution < 1.29 is 32.7 Å². The molecule has 0 bridgehead atoms. The third-order valence-electron chi connectivity index (χ3n) is 2.79. The fourth-order valence-corrected chi connectivity index (χ4v) is 1.80. The second-order valence-electron chi connectivity index (χ2n) is 3.98. The molecule has 21 heavy (non-hydrogen) atoms. The van der Waals surface area contributed by atoms with E-state index in [0.29, 0.717) is 0 Å². The fourth-order valence-electron chi connectivity index (χ4n) is 1.80. The van der Waals surface area contributed by atoms with E-state index in [4.69, 9.17) is 14.6 Å². The molecule has 0 amide bonds. The van der Waals surface area contributed by atoms with Crippen molar-refractivity contribution in [2.24, 2.45) is 0 Å². The zero-order valence-corrected chi connectivity index (χ0v) is 11.1. The van der Waals surface area contributed by atoms with Crippen molar-refractivity contribution in [3.63, 3.8) is 0 Å². The molecule has 0 spiro atoms. The van der Waals surface area contributed by atoms with Gasteiger partial charge < -0.3 is 19.1 Å². The molecule has 2 aromatic rings. The van der Waals surface area contributed by atoms with Crippen LogP contribution in [0.1, 0.15) is 22.5 Å². The number of alkyl halides is 2. The first-order chi connectivity index (χ1) is 9.97. The van der Waals surface area contributed by atoms with Crippen LogP contribution in [0.2, 0.25) is 0 Å². The molecule has 1 heterocycles. The maximum Gasteiger partial charge on any atom is 0.374 e. The Kier molecular flexibility index (Phi) is 4.06. The number of halogens is 2. The van der Waals surface area contributed by atoms with E-state index in [1.165, 1.54) is 20.3 Å². The highest BCUT2D eigenvalue weighted by Gasteiger charge is 2.22. The van der Waals surface area contributed by atoms with E-state index in [1.54, 1.807) is 0 Å². The number of hydrogen-bond donors (Lipinski definition) is 1. The molecular formula is C13H11F2NO5. The normalized spacial score (nSPS) is 10.7. The summed E-state index contributed by atoms with van der Waals surface area (Å²) in [5.74, 6) is -1.43. The van der Waals surface area contributed by atoms with E-state index in [9.17, 15) is 13.6 Å². The number of benzene rings is 1. The van der Waals surface area contributed by atoms with Gasteiger partial charge in [-0.3, -0.25) is 0 Å². The summed E-state index contributed by atoms with van der Waals surface area (Å²) in [6.45, 7) is 0. The van der Waals surface area contributed by atoms with Gasteiger partial charge in [0.2, 0.25) is 5.76 Å². The summed E-state index contributed by atoms with van der Waals surface area (Å²) in [7, 11) is 2.68. The number of nitrogens with zero attached hydrogens (tertiary/aromatic N) is 1. The lowest BCUT2D eigenvalue weighted by molar-refractivity contribution is 0.0652. The van der Waals surface area contributed by atoms with Gasteiger partial charge in [0.25, 0.3) is 6.43 Å². The van der Waals surface area contributed by atoms with Gasteiger partial charge in [-0.25, -0.2) is 13.6 Å². The molecule has 0 atom stereocenters. The fraction of sp³-hybridized carbons (Fsp3) is 0.231. The minimum Gasteiger partial charge on any atom is -0.493 e. The molecule has 112 valence electrons. The van der Waals surface area contributed by atoms with Crippen LogP contribution in [0.4, 0.5) is 8.78 Å². The van der Waals surface area contributed by atoms with Crippen LogP contribution in [0, 0.1) is 0 Å². The van der Waals surface area contributed by atoms with Crippen molar-refractivity contribution in [2.75, 3.05) is 14.2 Å². The largest absolute Gasteiger partial charge is 0.493 e. The predicted molar refractivity (Wildman–Crippen MR) is 67.0 cm³/mol. The van der Waals surface area contributed by atoms with Crippen molar-refractivity contribution in [1.82, 2.24) is 5.16 Å². The van der Waals surface area contributed by atoms with Crippen LogP contribution < -0.4 is 9.47 Å². The Labute approximate surface area is 117 Å². The molecule has 2 rings (SSSR count). The zero-order chi connectivity index (χ0) is 15.6. The van der Waals surface area contributed by atoms with E-state index < -0.39 is 18.2 Å². The Bertz CT molecular complexity index is 669. The van der Waals surface area contributed by atoms with E-state index >= 15 is 0 Å². The minimum atomic E-state index is -2.80. The van der Waals surface area contributed by atoms with Crippen LogP contribution in [0.15, 0.2) is 22.7 Å². The SMILES string of the molecule is COc1cc(-c2cc(C(=O)O)on2)c(C(F)F)cc1OC. The molecule has 0 aliphatic heterocycles. The van der Waals surface area contributed by atoms with Crippen LogP contribution in [-0.2, 0) is 0 Å². The summed E-state index contributed by atoms with van der Waals surface area (Å²) in [6, 6.07) is 3.48. The van der Waals surface area contributed by atoms with Gasteiger partial charge in [0.15, 0.2) is 11.5 Å². The van der Waals surface area contributed by atoms with Crippen molar-refractivity contribution in [3.8, 4) is 22.8 Å². The summed E-state index contributed by atoms with van der Waals surface area (Å²) in [4.78, 5) is 10.8. The van der Waals surface area contributed by atoms with E-state index in [2.05, 4.69) is 9.68 Å². The van der Waals surface area contributed by atoms with Crippen LogP contribution in [0.3, 0.4) is 0 Å². The third-order valence-corrected chi connectivity index (χ3v) is 2.79. The van der Waals surface area contributed by atoms with Crippen molar-refractivity contribution >= 4 is 5.97 Å². The molecule has 6 nitrogen and oxygen atoms in total. The number of carboxylic acids is 1. The Balaban J connectivity index is 2.61. The van der Waals surface area contributed by atoms with Gasteiger partial charge >= 0.3 is 5.97 Å². The van der Waals surface area contributed by atoms with E-state index in [0.717, 1.165) is 12.1 Å². The number of aromatic nitrogens is 1. The van der Waals surface area contributed by atoms with Gasteiger partial charge in [-0.1, -0.05) is 5.16 Å². The molecule has 8 heteroatoms. The molecular weight excluding hydrogens is 288 g/mol. The number of ether oxygens (including phenoxy) is 2. The van der Waals surface area contributed by atoms with Crippen molar-refractivity contribution in [2.45, 2.75) is 6.43 Å². The van der Waals surface area contributed by atoms with Crippen LogP contribution >= 0.6 is 0 Å². The van der Waals surface area contributed by atoms with Crippen molar-refractivity contribution in [3.05, 3.63) is 29.5 Å². The second kappa shape index (κ2) is 5.78. The lowest BCUT2D eigenvalue weighted by Crippen LogP contribution is -1.97. The molecule has 0 saturated carbocycles.